The average molecular weight is 276 g/mol. The first kappa shape index (κ1) is 12.5. The van der Waals surface area contributed by atoms with Crippen molar-refractivity contribution in [2.24, 2.45) is 5.92 Å². The van der Waals surface area contributed by atoms with E-state index in [0.29, 0.717) is 5.92 Å². The maximum atomic E-state index is 13.2. The molecule has 0 amide bonds. The maximum Gasteiger partial charge on any atom is 0.125 e. The van der Waals surface area contributed by atoms with Gasteiger partial charge in [0.25, 0.3) is 0 Å². The standard InChI is InChI=1S/C16H15ClFN/c17-13-8-6-12(7-9-13)16(11-4-5-11)19-15-3-1-2-14(18)10-15/h1-3,6-11,16,19H,4-5H2. The van der Waals surface area contributed by atoms with E-state index in [2.05, 4.69) is 5.32 Å². The van der Waals surface area contributed by atoms with Gasteiger partial charge in [-0.1, -0.05) is 29.8 Å². The fourth-order valence-electron chi connectivity index (χ4n) is 2.33. The minimum atomic E-state index is -0.212. The molecule has 1 aliphatic rings. The molecular formula is C16H15ClFN. The van der Waals surface area contributed by atoms with Crippen LogP contribution in [-0.2, 0) is 0 Å². The fourth-order valence-corrected chi connectivity index (χ4v) is 2.46. The molecule has 19 heavy (non-hydrogen) atoms. The van der Waals surface area contributed by atoms with Crippen LogP contribution in [0, 0.1) is 11.7 Å². The number of hydrogen-bond acceptors (Lipinski definition) is 1. The van der Waals surface area contributed by atoms with Crippen molar-refractivity contribution in [1.29, 1.82) is 0 Å². The molecule has 2 aromatic carbocycles. The SMILES string of the molecule is Fc1cccc(NC(c2ccc(Cl)cc2)C2CC2)c1. The number of rotatable bonds is 4. The lowest BCUT2D eigenvalue weighted by Crippen LogP contribution is -2.12. The third-order valence-corrected chi connectivity index (χ3v) is 3.72. The molecule has 1 aliphatic carbocycles. The molecule has 1 fully saturated rings. The third-order valence-electron chi connectivity index (χ3n) is 3.47. The molecule has 0 radical (unpaired) electrons. The summed E-state index contributed by atoms with van der Waals surface area (Å²) in [4.78, 5) is 0. The highest BCUT2D eigenvalue weighted by atomic mass is 35.5. The normalized spacial score (nSPS) is 16.1. The molecular weight excluding hydrogens is 261 g/mol. The highest BCUT2D eigenvalue weighted by molar-refractivity contribution is 6.30. The molecule has 2 aromatic rings. The zero-order valence-electron chi connectivity index (χ0n) is 10.4. The molecule has 0 aliphatic heterocycles. The van der Waals surface area contributed by atoms with Gasteiger partial charge in [-0.3, -0.25) is 0 Å². The fraction of sp³-hybridized carbons (Fsp3) is 0.250. The Balaban J connectivity index is 1.83. The van der Waals surface area contributed by atoms with Crippen LogP contribution >= 0.6 is 11.6 Å². The van der Waals surface area contributed by atoms with Crippen LogP contribution < -0.4 is 5.32 Å². The molecule has 1 nitrogen and oxygen atoms in total. The van der Waals surface area contributed by atoms with Gasteiger partial charge in [0.2, 0.25) is 0 Å². The highest BCUT2D eigenvalue weighted by Crippen LogP contribution is 2.43. The lowest BCUT2D eigenvalue weighted by molar-refractivity contribution is 0.626. The Kier molecular flexibility index (Phi) is 3.43. The molecule has 1 unspecified atom stereocenters. The molecule has 0 saturated heterocycles. The molecule has 3 heteroatoms. The van der Waals surface area contributed by atoms with E-state index in [0.717, 1.165) is 10.7 Å². The van der Waals surface area contributed by atoms with Gasteiger partial charge in [0, 0.05) is 10.7 Å². The largest absolute Gasteiger partial charge is 0.378 e. The van der Waals surface area contributed by atoms with Crippen molar-refractivity contribution in [3.8, 4) is 0 Å². The monoisotopic (exact) mass is 275 g/mol. The smallest absolute Gasteiger partial charge is 0.125 e. The van der Waals surface area contributed by atoms with Crippen LogP contribution in [0.2, 0.25) is 5.02 Å². The Morgan fingerprint density at radius 3 is 2.47 bits per heavy atom. The van der Waals surface area contributed by atoms with Crippen LogP contribution in [0.25, 0.3) is 0 Å². The summed E-state index contributed by atoms with van der Waals surface area (Å²) in [6.45, 7) is 0. The van der Waals surface area contributed by atoms with Gasteiger partial charge in [-0.2, -0.15) is 0 Å². The summed E-state index contributed by atoms with van der Waals surface area (Å²) in [6.07, 6.45) is 2.44. The zero-order chi connectivity index (χ0) is 13.2. The molecule has 1 saturated carbocycles. The van der Waals surface area contributed by atoms with E-state index in [1.165, 1.54) is 30.5 Å². The van der Waals surface area contributed by atoms with Crippen molar-refractivity contribution in [2.45, 2.75) is 18.9 Å². The third kappa shape index (κ3) is 3.07. The Morgan fingerprint density at radius 2 is 1.84 bits per heavy atom. The quantitative estimate of drug-likeness (QED) is 0.824. The van der Waals surface area contributed by atoms with E-state index in [4.69, 9.17) is 11.6 Å². The predicted molar refractivity (Wildman–Crippen MR) is 76.9 cm³/mol. The molecule has 0 heterocycles. The first-order chi connectivity index (χ1) is 9.22. The van der Waals surface area contributed by atoms with Gasteiger partial charge in [-0.15, -0.1) is 0 Å². The molecule has 0 spiro atoms. The van der Waals surface area contributed by atoms with Crippen molar-refractivity contribution in [2.75, 3.05) is 5.32 Å². The summed E-state index contributed by atoms with van der Waals surface area (Å²) in [5.41, 5.74) is 2.03. The lowest BCUT2D eigenvalue weighted by Gasteiger charge is -2.20. The number of halogens is 2. The summed E-state index contributed by atoms with van der Waals surface area (Å²) in [5, 5.41) is 4.17. The number of nitrogens with one attached hydrogen (secondary N) is 1. The van der Waals surface area contributed by atoms with Gasteiger partial charge in [0.15, 0.2) is 0 Å². The molecule has 98 valence electrons. The van der Waals surface area contributed by atoms with E-state index in [1.807, 2.05) is 30.3 Å². The summed E-state index contributed by atoms with van der Waals surface area (Å²) < 4.78 is 13.2. The van der Waals surface area contributed by atoms with Gasteiger partial charge in [-0.25, -0.2) is 4.39 Å². The van der Waals surface area contributed by atoms with Gasteiger partial charge in [0.1, 0.15) is 5.82 Å². The number of hydrogen-bond donors (Lipinski definition) is 1. The van der Waals surface area contributed by atoms with Crippen LogP contribution in [-0.4, -0.2) is 0 Å². The topological polar surface area (TPSA) is 12.0 Å². The first-order valence-electron chi connectivity index (χ1n) is 6.50. The van der Waals surface area contributed by atoms with Crippen LogP contribution in [0.1, 0.15) is 24.4 Å². The van der Waals surface area contributed by atoms with E-state index in [9.17, 15) is 4.39 Å². The molecule has 1 N–H and O–H groups in total. The van der Waals surface area contributed by atoms with Crippen molar-refractivity contribution in [3.05, 3.63) is 64.9 Å². The molecule has 0 aromatic heterocycles. The van der Waals surface area contributed by atoms with E-state index in [-0.39, 0.29) is 11.9 Å². The first-order valence-corrected chi connectivity index (χ1v) is 6.88. The van der Waals surface area contributed by atoms with E-state index < -0.39 is 0 Å². The van der Waals surface area contributed by atoms with Gasteiger partial charge < -0.3 is 5.32 Å². The van der Waals surface area contributed by atoms with Crippen LogP contribution in [0.5, 0.6) is 0 Å². The molecule has 0 bridgehead atoms. The molecule has 3 rings (SSSR count). The second kappa shape index (κ2) is 5.22. The maximum absolute atomic E-state index is 13.2. The van der Waals surface area contributed by atoms with Gasteiger partial charge in [-0.05, 0) is 54.7 Å². The van der Waals surface area contributed by atoms with E-state index in [1.54, 1.807) is 6.07 Å². The number of benzene rings is 2. The van der Waals surface area contributed by atoms with Crippen molar-refractivity contribution >= 4 is 17.3 Å². The Hall–Kier alpha value is -1.54. The number of anilines is 1. The van der Waals surface area contributed by atoms with Crippen molar-refractivity contribution in [3.63, 3.8) is 0 Å². The summed E-state index contributed by atoms with van der Waals surface area (Å²) in [6, 6.07) is 14.7. The minimum Gasteiger partial charge on any atom is -0.378 e. The molecule has 1 atom stereocenters. The van der Waals surface area contributed by atoms with Gasteiger partial charge >= 0.3 is 0 Å². The Bertz CT molecular complexity index is 563. The van der Waals surface area contributed by atoms with Crippen molar-refractivity contribution < 1.29 is 4.39 Å². The average Bonchev–Trinajstić information content (AvgIpc) is 3.22. The van der Waals surface area contributed by atoms with Crippen LogP contribution in [0.3, 0.4) is 0 Å². The second-order valence-corrected chi connectivity index (χ2v) is 5.46. The predicted octanol–water partition coefficient (Wildman–Crippen LogP) is 5.04. The highest BCUT2D eigenvalue weighted by Gasteiger charge is 2.32. The summed E-state index contributed by atoms with van der Waals surface area (Å²) in [7, 11) is 0. The summed E-state index contributed by atoms with van der Waals surface area (Å²) >= 11 is 5.92. The van der Waals surface area contributed by atoms with Crippen molar-refractivity contribution in [1.82, 2.24) is 0 Å². The van der Waals surface area contributed by atoms with Gasteiger partial charge in [0.05, 0.1) is 6.04 Å². The summed E-state index contributed by atoms with van der Waals surface area (Å²) in [5.74, 6) is 0.417. The lowest BCUT2D eigenvalue weighted by atomic mass is 10.0. The van der Waals surface area contributed by atoms with Crippen LogP contribution in [0.4, 0.5) is 10.1 Å². The zero-order valence-corrected chi connectivity index (χ0v) is 11.2. The van der Waals surface area contributed by atoms with Crippen LogP contribution in [0.15, 0.2) is 48.5 Å². The Morgan fingerprint density at radius 1 is 1.11 bits per heavy atom. The second-order valence-electron chi connectivity index (χ2n) is 5.02. The van der Waals surface area contributed by atoms with E-state index >= 15 is 0 Å². The minimum absolute atomic E-state index is 0.212. The Labute approximate surface area is 117 Å².